The molecule has 4 heterocycles. The van der Waals surface area contributed by atoms with E-state index in [-0.39, 0.29) is 11.8 Å². The third-order valence-corrected chi connectivity index (χ3v) is 6.29. The standard InChI is InChI=1S/C19H27N5O2S/c25-17(13-16-14-24-11-12-27-19(24)20-16)23-9-7-21(8-10-23)15-18(26)22-5-3-1-2-4-6-22/h11-12,14H,1-10,13,15H2. The molecule has 0 bridgehead atoms. The molecule has 2 amide bonds. The summed E-state index contributed by atoms with van der Waals surface area (Å²) in [5.74, 6) is 0.369. The van der Waals surface area contributed by atoms with E-state index in [1.807, 2.05) is 32.0 Å². The molecule has 2 aromatic rings. The number of rotatable bonds is 4. The third kappa shape index (κ3) is 4.50. The van der Waals surface area contributed by atoms with Crippen LogP contribution in [0.4, 0.5) is 0 Å². The largest absolute Gasteiger partial charge is 0.342 e. The highest BCUT2D eigenvalue weighted by Crippen LogP contribution is 2.14. The highest BCUT2D eigenvalue weighted by Gasteiger charge is 2.25. The van der Waals surface area contributed by atoms with Crippen LogP contribution >= 0.6 is 11.3 Å². The molecule has 0 unspecified atom stereocenters. The van der Waals surface area contributed by atoms with E-state index in [9.17, 15) is 9.59 Å². The van der Waals surface area contributed by atoms with Gasteiger partial charge in [0.25, 0.3) is 0 Å². The predicted octanol–water partition coefficient (Wildman–Crippen LogP) is 1.49. The highest BCUT2D eigenvalue weighted by atomic mass is 32.1. The minimum absolute atomic E-state index is 0.124. The normalized spacial score (nSPS) is 19.4. The molecule has 0 radical (unpaired) electrons. The van der Waals surface area contributed by atoms with Crippen LogP contribution in [-0.2, 0) is 16.0 Å². The average Bonchev–Trinajstić information content (AvgIpc) is 3.13. The Balaban J connectivity index is 1.23. The Kier molecular flexibility index (Phi) is 5.73. The minimum Gasteiger partial charge on any atom is -0.342 e. The van der Waals surface area contributed by atoms with Crippen LogP contribution in [0.25, 0.3) is 4.96 Å². The van der Waals surface area contributed by atoms with Crippen molar-refractivity contribution in [3.05, 3.63) is 23.5 Å². The second-order valence-electron chi connectivity index (χ2n) is 7.45. The van der Waals surface area contributed by atoms with Crippen LogP contribution in [0.2, 0.25) is 0 Å². The molecule has 0 spiro atoms. The van der Waals surface area contributed by atoms with Crippen LogP contribution in [0, 0.1) is 0 Å². The number of piperazine rings is 1. The van der Waals surface area contributed by atoms with E-state index in [4.69, 9.17) is 0 Å². The maximum atomic E-state index is 12.6. The predicted molar refractivity (Wildman–Crippen MR) is 105 cm³/mol. The van der Waals surface area contributed by atoms with Crippen LogP contribution in [0.1, 0.15) is 31.4 Å². The van der Waals surface area contributed by atoms with Crippen LogP contribution in [-0.4, -0.2) is 81.7 Å². The number of fused-ring (bicyclic) bond motifs is 1. The molecule has 2 aliphatic heterocycles. The van der Waals surface area contributed by atoms with Gasteiger partial charge in [-0.2, -0.15) is 0 Å². The molecule has 2 aliphatic rings. The van der Waals surface area contributed by atoms with Crippen LogP contribution in [0.5, 0.6) is 0 Å². The molecule has 0 saturated carbocycles. The SMILES string of the molecule is O=C(Cc1cn2ccsc2n1)N1CCN(CC(=O)N2CCCCCC2)CC1. The first-order valence-electron chi connectivity index (χ1n) is 9.88. The maximum absolute atomic E-state index is 12.6. The zero-order valence-corrected chi connectivity index (χ0v) is 16.5. The van der Waals surface area contributed by atoms with Crippen molar-refractivity contribution in [1.29, 1.82) is 0 Å². The zero-order chi connectivity index (χ0) is 18.6. The van der Waals surface area contributed by atoms with Gasteiger partial charge in [0.1, 0.15) is 0 Å². The van der Waals surface area contributed by atoms with Gasteiger partial charge in [0.05, 0.1) is 18.7 Å². The number of aromatic nitrogens is 2. The zero-order valence-electron chi connectivity index (χ0n) is 15.7. The Morgan fingerprint density at radius 2 is 1.63 bits per heavy atom. The molecule has 8 heteroatoms. The van der Waals surface area contributed by atoms with E-state index < -0.39 is 0 Å². The van der Waals surface area contributed by atoms with Crippen molar-refractivity contribution in [3.63, 3.8) is 0 Å². The molecule has 0 atom stereocenters. The fraction of sp³-hybridized carbons (Fsp3) is 0.632. The number of thiazole rings is 1. The first-order chi connectivity index (χ1) is 13.2. The van der Waals surface area contributed by atoms with E-state index in [0.29, 0.717) is 26.1 Å². The van der Waals surface area contributed by atoms with Crippen molar-refractivity contribution >= 4 is 28.1 Å². The highest BCUT2D eigenvalue weighted by molar-refractivity contribution is 7.15. The number of carbonyl (C=O) groups is 2. The summed E-state index contributed by atoms with van der Waals surface area (Å²) in [5.41, 5.74) is 0.825. The Bertz CT molecular complexity index is 756. The third-order valence-electron chi connectivity index (χ3n) is 5.52. The molecule has 2 fully saturated rings. The molecular formula is C19H27N5O2S. The summed E-state index contributed by atoms with van der Waals surface area (Å²) < 4.78 is 1.96. The monoisotopic (exact) mass is 389 g/mol. The van der Waals surface area contributed by atoms with Crippen molar-refractivity contribution in [2.45, 2.75) is 32.1 Å². The summed E-state index contributed by atoms with van der Waals surface area (Å²) in [6, 6.07) is 0. The first kappa shape index (κ1) is 18.4. The summed E-state index contributed by atoms with van der Waals surface area (Å²) >= 11 is 1.57. The van der Waals surface area contributed by atoms with Gasteiger partial charge in [0.15, 0.2) is 4.96 Å². The van der Waals surface area contributed by atoms with Gasteiger partial charge in [-0.3, -0.25) is 18.9 Å². The van der Waals surface area contributed by atoms with E-state index >= 15 is 0 Å². The van der Waals surface area contributed by atoms with E-state index in [1.54, 1.807) is 11.3 Å². The van der Waals surface area contributed by atoms with Gasteiger partial charge in [-0.1, -0.05) is 12.8 Å². The van der Waals surface area contributed by atoms with Gasteiger partial charge in [0, 0.05) is 57.0 Å². The molecule has 2 aromatic heterocycles. The maximum Gasteiger partial charge on any atom is 0.236 e. The lowest BCUT2D eigenvalue weighted by molar-refractivity contribution is -0.134. The quantitative estimate of drug-likeness (QED) is 0.795. The summed E-state index contributed by atoms with van der Waals surface area (Å²) in [6.07, 6.45) is 8.96. The molecule has 0 N–H and O–H groups in total. The Hall–Kier alpha value is -1.93. The second kappa shape index (κ2) is 8.39. The van der Waals surface area contributed by atoms with Gasteiger partial charge >= 0.3 is 0 Å². The number of nitrogens with zero attached hydrogens (tertiary/aromatic N) is 5. The van der Waals surface area contributed by atoms with Gasteiger partial charge in [-0.15, -0.1) is 11.3 Å². The summed E-state index contributed by atoms with van der Waals surface area (Å²) in [6.45, 7) is 5.20. The summed E-state index contributed by atoms with van der Waals surface area (Å²) in [5, 5.41) is 1.99. The molecule has 146 valence electrons. The van der Waals surface area contributed by atoms with Crippen LogP contribution < -0.4 is 0 Å². The lowest BCUT2D eigenvalue weighted by Gasteiger charge is -2.35. The molecule has 0 aliphatic carbocycles. The number of hydrogen-bond acceptors (Lipinski definition) is 5. The van der Waals surface area contributed by atoms with Crippen molar-refractivity contribution in [2.24, 2.45) is 0 Å². The van der Waals surface area contributed by atoms with Crippen molar-refractivity contribution in [1.82, 2.24) is 24.1 Å². The summed E-state index contributed by atoms with van der Waals surface area (Å²) in [7, 11) is 0. The van der Waals surface area contributed by atoms with E-state index in [1.165, 1.54) is 12.8 Å². The fourth-order valence-corrected chi connectivity index (χ4v) is 4.61. The topological polar surface area (TPSA) is 61.2 Å². The molecular weight excluding hydrogens is 362 g/mol. The number of hydrogen-bond donors (Lipinski definition) is 0. The van der Waals surface area contributed by atoms with E-state index in [2.05, 4.69) is 9.88 Å². The Morgan fingerprint density at radius 3 is 2.33 bits per heavy atom. The minimum atomic E-state index is 0.124. The molecule has 0 aromatic carbocycles. The molecule has 2 saturated heterocycles. The number of imidazole rings is 1. The smallest absolute Gasteiger partial charge is 0.236 e. The van der Waals surface area contributed by atoms with Crippen molar-refractivity contribution in [3.8, 4) is 0 Å². The lowest BCUT2D eigenvalue weighted by atomic mass is 10.2. The van der Waals surface area contributed by atoms with Crippen LogP contribution in [0.15, 0.2) is 17.8 Å². The number of amides is 2. The fourth-order valence-electron chi connectivity index (χ4n) is 3.89. The van der Waals surface area contributed by atoms with Crippen molar-refractivity contribution < 1.29 is 9.59 Å². The average molecular weight is 390 g/mol. The van der Waals surface area contributed by atoms with Gasteiger partial charge in [-0.05, 0) is 12.8 Å². The first-order valence-corrected chi connectivity index (χ1v) is 10.8. The second-order valence-corrected chi connectivity index (χ2v) is 8.33. The number of carbonyl (C=O) groups excluding carboxylic acids is 2. The van der Waals surface area contributed by atoms with E-state index in [0.717, 1.165) is 49.7 Å². The molecule has 4 rings (SSSR count). The van der Waals surface area contributed by atoms with Gasteiger partial charge in [0.2, 0.25) is 11.8 Å². The Labute approximate surface area is 163 Å². The lowest BCUT2D eigenvalue weighted by Crippen LogP contribution is -2.52. The van der Waals surface area contributed by atoms with Crippen LogP contribution in [0.3, 0.4) is 0 Å². The Morgan fingerprint density at radius 1 is 0.926 bits per heavy atom. The molecule has 7 nitrogen and oxygen atoms in total. The van der Waals surface area contributed by atoms with Gasteiger partial charge in [-0.25, -0.2) is 4.98 Å². The van der Waals surface area contributed by atoms with Crippen molar-refractivity contribution in [2.75, 3.05) is 45.8 Å². The summed E-state index contributed by atoms with van der Waals surface area (Å²) in [4.78, 5) is 36.6. The number of likely N-dealkylation sites (tertiary alicyclic amines) is 1. The molecule has 27 heavy (non-hydrogen) atoms. The van der Waals surface area contributed by atoms with Gasteiger partial charge < -0.3 is 9.80 Å².